The number of halogens is 2. The highest BCUT2D eigenvalue weighted by Gasteiger charge is 2.81. The molecule has 264 valence electrons. The predicted octanol–water partition coefficient (Wildman–Crippen LogP) is 8.73. The fraction of sp³-hybridized carbons (Fsp3) is 0.811. The zero-order valence-electron chi connectivity index (χ0n) is 30.0. The number of aliphatic hydroxyl groups is 1. The number of esters is 1. The first-order valence-electron chi connectivity index (χ1n) is 17.5. The van der Waals surface area contributed by atoms with Crippen LogP contribution in [0.15, 0.2) is 24.3 Å². The van der Waals surface area contributed by atoms with Crippen molar-refractivity contribution in [3.8, 4) is 0 Å². The topological polar surface area (TPSA) is 83.5 Å². The van der Waals surface area contributed by atoms with Gasteiger partial charge >= 0.3 is 5.97 Å². The summed E-state index contributed by atoms with van der Waals surface area (Å²) in [4.78, 5) is 13.6. The average molecular weight is 712 g/mol. The summed E-state index contributed by atoms with van der Waals surface area (Å²) in [6.07, 6.45) is 2.63. The summed E-state index contributed by atoms with van der Waals surface area (Å²) in [6.45, 7) is 21.9. The Morgan fingerprint density at radius 3 is 2.38 bits per heavy atom. The molecule has 0 radical (unpaired) electrons. The summed E-state index contributed by atoms with van der Waals surface area (Å²) in [6, 6.07) is 6.69. The van der Waals surface area contributed by atoms with Crippen molar-refractivity contribution in [1.82, 2.24) is 0 Å². The Bertz CT molecular complexity index is 1380. The maximum Gasteiger partial charge on any atom is 0.340 e. The van der Waals surface area contributed by atoms with E-state index in [0.717, 1.165) is 25.7 Å². The molecular formula is C37H56Cl2O7Si. The van der Waals surface area contributed by atoms with Gasteiger partial charge in [0.1, 0.15) is 17.3 Å². The van der Waals surface area contributed by atoms with Crippen LogP contribution in [-0.4, -0.2) is 66.9 Å². The van der Waals surface area contributed by atoms with Gasteiger partial charge in [0.2, 0.25) is 6.29 Å². The molecule has 3 aliphatic carbocycles. The van der Waals surface area contributed by atoms with Gasteiger partial charge in [0.25, 0.3) is 0 Å². The number of fused-ring (bicyclic) bond motifs is 5. The third-order valence-electron chi connectivity index (χ3n) is 13.4. The van der Waals surface area contributed by atoms with Crippen molar-refractivity contribution in [3.63, 3.8) is 0 Å². The Balaban J connectivity index is 1.43. The van der Waals surface area contributed by atoms with Gasteiger partial charge in [-0.2, -0.15) is 0 Å². The van der Waals surface area contributed by atoms with Crippen molar-refractivity contribution in [1.29, 1.82) is 0 Å². The zero-order chi connectivity index (χ0) is 34.6. The standard InChI is InChI=1S/C37H56Cl2O7Si/c1-32(2,3)44-27-15-14-25-24-19-36(41,21-38)37-29(46-47(9,10)33(4,5)6)31(43-30(40)22-12-11-13-23(39)18-22)42-28(45-37)20-35(37,8)26(24)16-17-34(25,27)7/h11-13,18,24-29,31,41H,14-17,19-21H2,1-10H3/t24-,25-,26-,27-,28+,29+,31+,34-,35+,36+,37+/m0/s1. The third kappa shape index (κ3) is 5.58. The molecule has 6 rings (SSSR count). The average Bonchev–Trinajstić information content (AvgIpc) is 3.41. The molecule has 5 fully saturated rings. The molecular weight excluding hydrogens is 655 g/mol. The van der Waals surface area contributed by atoms with Crippen molar-refractivity contribution in [2.24, 2.45) is 28.6 Å². The Labute approximate surface area is 292 Å². The molecule has 2 saturated heterocycles. The SMILES string of the molecule is CC(C)(C)O[C@H]1CC[C@H]2[C@@H]3C[C@@](O)(CCl)[C@]45O[C@H](C[C@]4(C)[C@H]3CC[C@]12C)O[C@H](OC(=O)c1cccc(Cl)c1)[C@H]5O[Si](C)(C)C(C)(C)C. The van der Waals surface area contributed by atoms with Crippen molar-refractivity contribution >= 4 is 37.5 Å². The number of carbonyl (C=O) groups is 1. The lowest BCUT2D eigenvalue weighted by molar-refractivity contribution is -0.387. The number of carbonyl (C=O) groups excluding carboxylic acids is 1. The second kappa shape index (κ2) is 11.7. The first-order chi connectivity index (χ1) is 21.6. The molecule has 7 nitrogen and oxygen atoms in total. The molecule has 1 spiro atoms. The Kier molecular flexibility index (Phi) is 8.95. The first kappa shape index (κ1) is 36.1. The van der Waals surface area contributed by atoms with Crippen LogP contribution in [0.1, 0.15) is 104 Å². The second-order valence-corrected chi connectivity index (χ2v) is 23.7. The van der Waals surface area contributed by atoms with Crippen molar-refractivity contribution in [3.05, 3.63) is 34.9 Å². The lowest BCUT2D eigenvalue weighted by Crippen LogP contribution is -2.79. The third-order valence-corrected chi connectivity index (χ3v) is 18.5. The van der Waals surface area contributed by atoms with Crippen molar-refractivity contribution in [2.75, 3.05) is 5.88 Å². The molecule has 2 aliphatic heterocycles. The fourth-order valence-corrected chi connectivity index (χ4v) is 12.0. The number of hydrogen-bond donors (Lipinski definition) is 1. The molecule has 0 unspecified atom stereocenters. The van der Waals surface area contributed by atoms with Crippen LogP contribution in [0.25, 0.3) is 0 Å². The Morgan fingerprint density at radius 1 is 1.06 bits per heavy atom. The van der Waals surface area contributed by atoms with Gasteiger partial charge in [0, 0.05) is 16.9 Å². The largest absolute Gasteiger partial charge is 0.429 e. The molecule has 5 aliphatic rings. The molecule has 1 N–H and O–H groups in total. The number of ether oxygens (including phenoxy) is 4. The number of alkyl halides is 1. The molecule has 2 bridgehead atoms. The van der Waals surface area contributed by atoms with Crippen molar-refractivity contribution < 1.29 is 33.3 Å². The highest BCUT2D eigenvalue weighted by atomic mass is 35.5. The van der Waals surface area contributed by atoms with Gasteiger partial charge in [-0.25, -0.2) is 4.79 Å². The lowest BCUT2D eigenvalue weighted by atomic mass is 9.42. The summed E-state index contributed by atoms with van der Waals surface area (Å²) in [7, 11) is -2.55. The molecule has 11 atom stereocenters. The van der Waals surface area contributed by atoms with Gasteiger partial charge in [-0.15, -0.1) is 11.6 Å². The monoisotopic (exact) mass is 710 g/mol. The van der Waals surface area contributed by atoms with Crippen molar-refractivity contribution in [2.45, 2.75) is 154 Å². The van der Waals surface area contributed by atoms with Gasteiger partial charge in [0.15, 0.2) is 14.6 Å². The van der Waals surface area contributed by atoms with Crippen LogP contribution in [0.5, 0.6) is 0 Å². The summed E-state index contributed by atoms with van der Waals surface area (Å²) in [5, 5.41) is 13.4. The van der Waals surface area contributed by atoms with Gasteiger partial charge in [-0.3, -0.25) is 0 Å². The minimum atomic E-state index is -2.55. The molecule has 3 saturated carbocycles. The quantitative estimate of drug-likeness (QED) is 0.180. The Hall–Kier alpha value is -0.713. The van der Waals surface area contributed by atoms with E-state index in [4.69, 9.17) is 46.6 Å². The van der Waals surface area contributed by atoms with E-state index in [0.29, 0.717) is 29.3 Å². The molecule has 0 amide bonds. The van der Waals surface area contributed by atoms with E-state index in [1.165, 1.54) is 0 Å². The minimum absolute atomic E-state index is 0.0135. The van der Waals surface area contributed by atoms with E-state index in [1.807, 2.05) is 0 Å². The normalized spacial score (nSPS) is 43.2. The lowest BCUT2D eigenvalue weighted by Gasteiger charge is -2.67. The second-order valence-electron chi connectivity index (χ2n) is 18.2. The molecule has 1 aromatic carbocycles. The zero-order valence-corrected chi connectivity index (χ0v) is 32.5. The number of hydrogen-bond acceptors (Lipinski definition) is 7. The van der Waals surface area contributed by atoms with E-state index >= 15 is 0 Å². The Morgan fingerprint density at radius 2 is 1.77 bits per heavy atom. The van der Waals surface area contributed by atoms with Crippen LogP contribution in [-0.2, 0) is 23.4 Å². The summed E-state index contributed by atoms with van der Waals surface area (Å²) in [5.41, 5.74) is -3.16. The molecule has 1 aromatic rings. The summed E-state index contributed by atoms with van der Waals surface area (Å²) < 4.78 is 33.7. The van der Waals surface area contributed by atoms with Crippen LogP contribution >= 0.6 is 23.2 Å². The number of benzene rings is 1. The van der Waals surface area contributed by atoms with E-state index in [-0.39, 0.29) is 39.9 Å². The van der Waals surface area contributed by atoms with Crippen LogP contribution < -0.4 is 0 Å². The number of rotatable bonds is 6. The van der Waals surface area contributed by atoms with Gasteiger partial charge in [-0.1, -0.05) is 52.3 Å². The van der Waals surface area contributed by atoms with E-state index in [2.05, 4.69) is 68.5 Å². The minimum Gasteiger partial charge on any atom is -0.429 e. The van der Waals surface area contributed by atoms with Crippen LogP contribution in [0.3, 0.4) is 0 Å². The van der Waals surface area contributed by atoms with Gasteiger partial charge in [-0.05, 0) is 112 Å². The van der Waals surface area contributed by atoms with Gasteiger partial charge in [0.05, 0.1) is 23.1 Å². The first-order valence-corrected chi connectivity index (χ1v) is 21.4. The smallest absolute Gasteiger partial charge is 0.340 e. The predicted molar refractivity (Wildman–Crippen MR) is 186 cm³/mol. The van der Waals surface area contributed by atoms with E-state index < -0.39 is 49.6 Å². The maximum absolute atomic E-state index is 13.6. The van der Waals surface area contributed by atoms with Crippen LogP contribution in [0, 0.1) is 28.6 Å². The van der Waals surface area contributed by atoms with Crippen LogP contribution in [0.4, 0.5) is 0 Å². The van der Waals surface area contributed by atoms with E-state index in [1.54, 1.807) is 24.3 Å². The molecule has 0 aromatic heterocycles. The summed E-state index contributed by atoms with van der Waals surface area (Å²) in [5.74, 6) is 0.253. The molecule has 47 heavy (non-hydrogen) atoms. The van der Waals surface area contributed by atoms with Crippen LogP contribution in [0.2, 0.25) is 23.2 Å². The van der Waals surface area contributed by atoms with Gasteiger partial charge < -0.3 is 28.5 Å². The fourth-order valence-electron chi connectivity index (χ4n) is 10.2. The molecule has 2 heterocycles. The summed E-state index contributed by atoms with van der Waals surface area (Å²) >= 11 is 13.2. The molecule has 10 heteroatoms. The van der Waals surface area contributed by atoms with E-state index in [9.17, 15) is 9.90 Å². The highest BCUT2D eigenvalue weighted by molar-refractivity contribution is 6.74. The highest BCUT2D eigenvalue weighted by Crippen LogP contribution is 2.73. The maximum atomic E-state index is 13.6.